The van der Waals surface area contributed by atoms with E-state index in [-0.39, 0.29) is 12.3 Å². The predicted molar refractivity (Wildman–Crippen MR) is 52.8 cm³/mol. The Bertz CT molecular complexity index is 331. The number of unbranched alkanes of at least 4 members (excludes halogenated alkanes) is 1. The number of pyridine rings is 1. The van der Waals surface area contributed by atoms with Gasteiger partial charge in [0.25, 0.3) is 5.91 Å². The molecule has 0 saturated carbocycles. The molecule has 0 aromatic carbocycles. The van der Waals surface area contributed by atoms with Gasteiger partial charge in [0.2, 0.25) is 5.95 Å². The summed E-state index contributed by atoms with van der Waals surface area (Å²) in [6.07, 6.45) is 1.33. The Hall–Kier alpha value is -1.49. The first-order valence-electron chi connectivity index (χ1n) is 4.75. The van der Waals surface area contributed by atoms with Crippen LogP contribution in [0.4, 0.5) is 4.39 Å². The lowest BCUT2D eigenvalue weighted by Gasteiger charge is -2.03. The van der Waals surface area contributed by atoms with Crippen LogP contribution in [0.25, 0.3) is 0 Å². The Morgan fingerprint density at radius 1 is 1.47 bits per heavy atom. The monoisotopic (exact) mass is 212 g/mol. The van der Waals surface area contributed by atoms with Gasteiger partial charge in [-0.15, -0.1) is 0 Å². The molecular formula is C10H13FN2O2. The largest absolute Gasteiger partial charge is 0.396 e. The van der Waals surface area contributed by atoms with Crippen LogP contribution >= 0.6 is 0 Å². The van der Waals surface area contributed by atoms with Crippen molar-refractivity contribution in [3.8, 4) is 0 Å². The van der Waals surface area contributed by atoms with Gasteiger partial charge in [-0.1, -0.05) is 6.07 Å². The normalized spacial score (nSPS) is 10.0. The lowest BCUT2D eigenvalue weighted by atomic mass is 10.3. The van der Waals surface area contributed by atoms with E-state index in [1.54, 1.807) is 0 Å². The van der Waals surface area contributed by atoms with Crippen molar-refractivity contribution in [2.75, 3.05) is 13.2 Å². The molecule has 0 unspecified atom stereocenters. The fraction of sp³-hybridized carbons (Fsp3) is 0.400. The SMILES string of the molecule is O=C(NCCCCO)c1cccc(F)n1. The second-order valence-electron chi connectivity index (χ2n) is 3.03. The molecular weight excluding hydrogens is 199 g/mol. The van der Waals surface area contributed by atoms with Gasteiger partial charge in [-0.3, -0.25) is 4.79 Å². The van der Waals surface area contributed by atoms with Crippen molar-refractivity contribution in [1.82, 2.24) is 10.3 Å². The molecule has 0 fully saturated rings. The van der Waals surface area contributed by atoms with Crippen LogP contribution < -0.4 is 5.32 Å². The number of aliphatic hydroxyl groups is 1. The van der Waals surface area contributed by atoms with Crippen molar-refractivity contribution >= 4 is 5.91 Å². The number of nitrogens with zero attached hydrogens (tertiary/aromatic N) is 1. The van der Waals surface area contributed by atoms with E-state index in [0.717, 1.165) is 0 Å². The molecule has 0 aliphatic carbocycles. The third-order valence-electron chi connectivity index (χ3n) is 1.82. The summed E-state index contributed by atoms with van der Waals surface area (Å²) in [5, 5.41) is 11.1. The maximum atomic E-state index is 12.6. The number of hydrogen-bond acceptors (Lipinski definition) is 3. The first-order chi connectivity index (χ1) is 7.24. The third kappa shape index (κ3) is 4.03. The van der Waals surface area contributed by atoms with Gasteiger partial charge in [0.15, 0.2) is 0 Å². The molecule has 4 nitrogen and oxygen atoms in total. The predicted octanol–water partition coefficient (Wildman–Crippen LogP) is 0.723. The Morgan fingerprint density at radius 2 is 2.27 bits per heavy atom. The molecule has 1 aromatic heterocycles. The Labute approximate surface area is 87.1 Å². The number of amides is 1. The minimum Gasteiger partial charge on any atom is -0.396 e. The summed E-state index contributed by atoms with van der Waals surface area (Å²) in [6.45, 7) is 0.561. The number of rotatable bonds is 5. The number of hydrogen-bond donors (Lipinski definition) is 2. The molecule has 0 spiro atoms. The lowest BCUT2D eigenvalue weighted by Crippen LogP contribution is -2.25. The second kappa shape index (κ2) is 6.08. The van der Waals surface area contributed by atoms with Crippen molar-refractivity contribution < 1.29 is 14.3 Å². The van der Waals surface area contributed by atoms with Crippen LogP contribution in [0.3, 0.4) is 0 Å². The van der Waals surface area contributed by atoms with E-state index < -0.39 is 11.9 Å². The van der Waals surface area contributed by atoms with E-state index in [1.165, 1.54) is 18.2 Å². The van der Waals surface area contributed by atoms with E-state index in [9.17, 15) is 9.18 Å². The fourth-order valence-electron chi connectivity index (χ4n) is 1.06. The molecule has 1 rings (SSSR count). The molecule has 1 amide bonds. The number of carbonyl (C=O) groups is 1. The highest BCUT2D eigenvalue weighted by Gasteiger charge is 2.06. The number of aromatic nitrogens is 1. The van der Waals surface area contributed by atoms with Gasteiger partial charge in [0.05, 0.1) is 0 Å². The maximum Gasteiger partial charge on any atom is 0.269 e. The van der Waals surface area contributed by atoms with Gasteiger partial charge in [0.1, 0.15) is 5.69 Å². The maximum absolute atomic E-state index is 12.6. The van der Waals surface area contributed by atoms with Crippen LogP contribution in [-0.2, 0) is 0 Å². The number of carbonyl (C=O) groups excluding carboxylic acids is 1. The Kier molecular flexibility index (Phi) is 4.70. The van der Waals surface area contributed by atoms with Crippen LogP contribution in [0, 0.1) is 5.95 Å². The molecule has 0 atom stereocenters. The molecule has 15 heavy (non-hydrogen) atoms. The molecule has 0 aliphatic rings. The number of aliphatic hydroxyl groups excluding tert-OH is 1. The van der Waals surface area contributed by atoms with Crippen molar-refractivity contribution in [2.24, 2.45) is 0 Å². The third-order valence-corrected chi connectivity index (χ3v) is 1.82. The van der Waals surface area contributed by atoms with Crippen LogP contribution in [-0.4, -0.2) is 29.1 Å². The van der Waals surface area contributed by atoms with Gasteiger partial charge >= 0.3 is 0 Å². The van der Waals surface area contributed by atoms with E-state index in [4.69, 9.17) is 5.11 Å². The molecule has 82 valence electrons. The smallest absolute Gasteiger partial charge is 0.269 e. The van der Waals surface area contributed by atoms with Gasteiger partial charge in [-0.25, -0.2) is 4.98 Å². The molecule has 2 N–H and O–H groups in total. The Morgan fingerprint density at radius 3 is 2.93 bits per heavy atom. The second-order valence-corrected chi connectivity index (χ2v) is 3.03. The highest BCUT2D eigenvalue weighted by atomic mass is 19.1. The molecule has 0 bridgehead atoms. The summed E-state index contributed by atoms with van der Waals surface area (Å²) in [5.74, 6) is -1.06. The highest BCUT2D eigenvalue weighted by molar-refractivity contribution is 5.92. The van der Waals surface area contributed by atoms with Crippen LogP contribution in [0.5, 0.6) is 0 Å². The van der Waals surface area contributed by atoms with Crippen LogP contribution in [0.15, 0.2) is 18.2 Å². The van der Waals surface area contributed by atoms with E-state index >= 15 is 0 Å². The summed E-state index contributed by atoms with van der Waals surface area (Å²) in [6, 6.07) is 4.07. The van der Waals surface area contributed by atoms with E-state index in [2.05, 4.69) is 10.3 Å². The van der Waals surface area contributed by atoms with Crippen LogP contribution in [0.2, 0.25) is 0 Å². The summed E-state index contributed by atoms with van der Waals surface area (Å²) >= 11 is 0. The standard InChI is InChI=1S/C10H13FN2O2/c11-9-5-3-4-8(13-9)10(15)12-6-1-2-7-14/h3-5,14H,1-2,6-7H2,(H,12,15). The molecule has 0 aliphatic heterocycles. The summed E-state index contributed by atoms with van der Waals surface area (Å²) in [5.41, 5.74) is 0.0685. The zero-order valence-corrected chi connectivity index (χ0v) is 8.24. The van der Waals surface area contributed by atoms with E-state index in [0.29, 0.717) is 19.4 Å². The van der Waals surface area contributed by atoms with Gasteiger partial charge in [-0.2, -0.15) is 4.39 Å². The first kappa shape index (κ1) is 11.6. The van der Waals surface area contributed by atoms with Crippen molar-refractivity contribution in [3.63, 3.8) is 0 Å². The summed E-state index contributed by atoms with van der Waals surface area (Å²) < 4.78 is 12.6. The minimum atomic E-state index is -0.669. The molecule has 0 saturated heterocycles. The quantitative estimate of drug-likeness (QED) is 0.558. The van der Waals surface area contributed by atoms with Gasteiger partial charge in [0, 0.05) is 13.2 Å². The van der Waals surface area contributed by atoms with Crippen molar-refractivity contribution in [1.29, 1.82) is 0 Å². The Balaban J connectivity index is 2.40. The zero-order chi connectivity index (χ0) is 11.1. The van der Waals surface area contributed by atoms with Gasteiger partial charge in [-0.05, 0) is 25.0 Å². The van der Waals surface area contributed by atoms with Crippen molar-refractivity contribution in [3.05, 3.63) is 29.8 Å². The topological polar surface area (TPSA) is 62.2 Å². The lowest BCUT2D eigenvalue weighted by molar-refractivity contribution is 0.0946. The molecule has 1 heterocycles. The molecule has 0 radical (unpaired) electrons. The minimum absolute atomic E-state index is 0.0685. The number of nitrogens with one attached hydrogen (secondary N) is 1. The summed E-state index contributed by atoms with van der Waals surface area (Å²) in [4.78, 5) is 14.8. The average molecular weight is 212 g/mol. The average Bonchev–Trinajstić information content (AvgIpc) is 2.24. The van der Waals surface area contributed by atoms with Crippen LogP contribution in [0.1, 0.15) is 23.3 Å². The molecule has 5 heteroatoms. The number of halogens is 1. The summed E-state index contributed by atoms with van der Waals surface area (Å²) in [7, 11) is 0. The highest BCUT2D eigenvalue weighted by Crippen LogP contribution is 1.97. The fourth-order valence-corrected chi connectivity index (χ4v) is 1.06. The van der Waals surface area contributed by atoms with E-state index in [1.807, 2.05) is 0 Å². The first-order valence-corrected chi connectivity index (χ1v) is 4.75. The van der Waals surface area contributed by atoms with Crippen molar-refractivity contribution in [2.45, 2.75) is 12.8 Å². The molecule has 1 aromatic rings. The van der Waals surface area contributed by atoms with Gasteiger partial charge < -0.3 is 10.4 Å². The zero-order valence-electron chi connectivity index (χ0n) is 8.24.